The number of ketones is 1. The lowest BCUT2D eigenvalue weighted by Crippen LogP contribution is -2.40. The number of benzene rings is 1. The highest BCUT2D eigenvalue weighted by Gasteiger charge is 2.58. The Morgan fingerprint density at radius 1 is 1.23 bits per heavy atom. The minimum Gasteiger partial charge on any atom is -0.387 e. The van der Waals surface area contributed by atoms with Gasteiger partial charge in [-0.3, -0.25) is 9.79 Å². The topological polar surface area (TPSA) is 55.4 Å². The van der Waals surface area contributed by atoms with E-state index in [1.807, 2.05) is 19.9 Å². The first kappa shape index (κ1) is 25.6. The maximum atomic E-state index is 14.7. The molecule has 1 fully saturated rings. The molecule has 1 saturated carbocycles. The largest absolute Gasteiger partial charge is 0.416 e. The van der Waals surface area contributed by atoms with Gasteiger partial charge in [0.05, 0.1) is 17.0 Å². The number of rotatable bonds is 6. The highest BCUT2D eigenvalue weighted by Crippen LogP contribution is 2.52. The van der Waals surface area contributed by atoms with E-state index in [9.17, 15) is 22.4 Å². The molecule has 6 atom stereocenters. The smallest absolute Gasteiger partial charge is 0.387 e. The Balaban J connectivity index is 1.76. The van der Waals surface area contributed by atoms with Gasteiger partial charge in [0.2, 0.25) is 0 Å². The summed E-state index contributed by atoms with van der Waals surface area (Å²) in [5.74, 6) is -0.885. The standard InChI is InChI=1S/C28H34F4N2O/c1-4-5-6-7-18-15-20(12-13-22(18)29)27(3)21(17-8-10-19(11-9-17)28(30,31)32)14-16(2)23-24(25(23)35)26(33)34-27/h8,10-13,15-17,21,23-24H,4-7,9,14H2,1-3H3,(H2,33,34)/t16?,17?,21-,23?,24?,27+/m0/s1. The molecule has 35 heavy (non-hydrogen) atoms. The molecule has 190 valence electrons. The number of nitrogens with zero attached hydrogens (tertiary/aromatic N) is 1. The van der Waals surface area contributed by atoms with Crippen molar-refractivity contribution >= 4 is 11.6 Å². The van der Waals surface area contributed by atoms with Crippen molar-refractivity contribution in [1.82, 2.24) is 0 Å². The lowest BCUT2D eigenvalue weighted by atomic mass is 9.66. The number of aryl methyl sites for hydroxylation is 1. The molecular formula is C28H34F4N2O. The fourth-order valence-electron chi connectivity index (χ4n) is 6.06. The Hall–Kier alpha value is -2.44. The number of carbonyl (C=O) groups is 1. The van der Waals surface area contributed by atoms with Gasteiger partial charge in [0.15, 0.2) is 0 Å². The van der Waals surface area contributed by atoms with Crippen LogP contribution < -0.4 is 5.73 Å². The highest BCUT2D eigenvalue weighted by atomic mass is 19.4. The molecule has 3 aliphatic rings. The molecule has 7 heteroatoms. The van der Waals surface area contributed by atoms with Crippen molar-refractivity contribution in [1.29, 1.82) is 0 Å². The molecule has 2 aliphatic carbocycles. The van der Waals surface area contributed by atoms with Gasteiger partial charge in [0, 0.05) is 5.92 Å². The fourth-order valence-corrected chi connectivity index (χ4v) is 6.06. The van der Waals surface area contributed by atoms with E-state index in [2.05, 4.69) is 6.92 Å². The van der Waals surface area contributed by atoms with Gasteiger partial charge in [-0.2, -0.15) is 13.2 Å². The summed E-state index contributed by atoms with van der Waals surface area (Å²) in [6.45, 7) is 6.04. The van der Waals surface area contributed by atoms with Crippen LogP contribution in [0.1, 0.15) is 64.0 Å². The third-order valence-electron chi connectivity index (χ3n) is 8.18. The molecule has 1 aromatic rings. The predicted octanol–water partition coefficient (Wildman–Crippen LogP) is 6.67. The van der Waals surface area contributed by atoms with Crippen LogP contribution in [0.3, 0.4) is 0 Å². The van der Waals surface area contributed by atoms with E-state index < -0.39 is 23.2 Å². The van der Waals surface area contributed by atoms with Gasteiger partial charge >= 0.3 is 6.18 Å². The average molecular weight is 491 g/mol. The fraction of sp³-hybridized carbons (Fsp3) is 0.571. The number of alkyl halides is 3. The number of aliphatic imine (C=N–C) groups is 1. The number of halogens is 4. The van der Waals surface area contributed by atoms with Crippen LogP contribution in [0, 0.1) is 35.4 Å². The normalized spacial score (nSPS) is 32.9. The summed E-state index contributed by atoms with van der Waals surface area (Å²) in [5, 5.41) is 0. The molecule has 1 aliphatic heterocycles. The van der Waals surface area contributed by atoms with Gasteiger partial charge in [0.1, 0.15) is 17.4 Å². The molecular weight excluding hydrogens is 456 g/mol. The zero-order valence-electron chi connectivity index (χ0n) is 20.5. The molecule has 0 amide bonds. The van der Waals surface area contributed by atoms with Gasteiger partial charge in [-0.1, -0.05) is 57.0 Å². The Morgan fingerprint density at radius 2 is 1.97 bits per heavy atom. The molecule has 4 rings (SSSR count). The first-order valence-electron chi connectivity index (χ1n) is 12.6. The number of fused-ring (bicyclic) bond motifs is 1. The Labute approximate surface area is 204 Å². The number of Topliss-reactive ketones (excluding diaryl/α,β-unsaturated/α-hetero) is 1. The van der Waals surface area contributed by atoms with Gasteiger partial charge in [-0.05, 0) is 67.6 Å². The van der Waals surface area contributed by atoms with Crippen molar-refractivity contribution < 1.29 is 22.4 Å². The predicted molar refractivity (Wildman–Crippen MR) is 129 cm³/mol. The van der Waals surface area contributed by atoms with Gasteiger partial charge in [-0.25, -0.2) is 4.39 Å². The van der Waals surface area contributed by atoms with Crippen LogP contribution in [-0.4, -0.2) is 17.8 Å². The Morgan fingerprint density at radius 3 is 2.60 bits per heavy atom. The number of carbonyl (C=O) groups excluding carboxylic acids is 1. The monoisotopic (exact) mass is 490 g/mol. The zero-order chi connectivity index (χ0) is 25.5. The summed E-state index contributed by atoms with van der Waals surface area (Å²) in [4.78, 5) is 17.4. The molecule has 4 unspecified atom stereocenters. The quantitative estimate of drug-likeness (QED) is 0.358. The second kappa shape index (κ2) is 9.55. The van der Waals surface area contributed by atoms with Gasteiger partial charge < -0.3 is 5.73 Å². The molecule has 1 heterocycles. The Kier molecular flexibility index (Phi) is 7.00. The van der Waals surface area contributed by atoms with Crippen LogP contribution in [0.25, 0.3) is 0 Å². The van der Waals surface area contributed by atoms with Crippen molar-refractivity contribution in [3.05, 3.63) is 58.9 Å². The molecule has 0 radical (unpaired) electrons. The van der Waals surface area contributed by atoms with Gasteiger partial charge in [-0.15, -0.1) is 0 Å². The average Bonchev–Trinajstić information content (AvgIpc) is 3.48. The third-order valence-corrected chi connectivity index (χ3v) is 8.18. The minimum atomic E-state index is -4.39. The zero-order valence-corrected chi connectivity index (χ0v) is 20.5. The number of allylic oxidation sites excluding steroid dienone is 4. The van der Waals surface area contributed by atoms with E-state index >= 15 is 0 Å². The number of amidine groups is 1. The summed E-state index contributed by atoms with van der Waals surface area (Å²) in [6, 6.07) is 5.01. The van der Waals surface area contributed by atoms with Crippen molar-refractivity contribution in [2.24, 2.45) is 40.3 Å². The molecule has 3 nitrogen and oxygen atoms in total. The summed E-state index contributed by atoms with van der Waals surface area (Å²) in [5.41, 5.74) is 6.22. The second-order valence-electron chi connectivity index (χ2n) is 10.6. The number of hydrogen-bond acceptors (Lipinski definition) is 3. The molecule has 0 aromatic heterocycles. The number of nitrogens with two attached hydrogens (primary N) is 1. The summed E-state index contributed by atoms with van der Waals surface area (Å²) >= 11 is 0. The van der Waals surface area contributed by atoms with E-state index in [4.69, 9.17) is 10.7 Å². The first-order valence-corrected chi connectivity index (χ1v) is 12.6. The van der Waals surface area contributed by atoms with Crippen molar-refractivity contribution in [3.63, 3.8) is 0 Å². The van der Waals surface area contributed by atoms with Crippen molar-refractivity contribution in [2.75, 3.05) is 0 Å². The first-order chi connectivity index (χ1) is 16.5. The molecule has 2 N–H and O–H groups in total. The highest BCUT2D eigenvalue weighted by molar-refractivity contribution is 6.17. The lowest BCUT2D eigenvalue weighted by molar-refractivity contribution is -0.112. The van der Waals surface area contributed by atoms with E-state index in [-0.39, 0.29) is 47.5 Å². The van der Waals surface area contributed by atoms with E-state index in [0.29, 0.717) is 18.4 Å². The molecule has 1 aromatic carbocycles. The SMILES string of the molecule is CCCCCc1cc([C@@]2(C)N=C(N)C3C(=O)C3C(C)C[C@H]2C2C=CC(C(F)(F)F)=CC2)ccc1F. The molecule has 0 bridgehead atoms. The van der Waals surface area contributed by atoms with Gasteiger partial charge in [0.25, 0.3) is 0 Å². The second-order valence-corrected chi connectivity index (χ2v) is 10.6. The number of unbranched alkanes of at least 4 members (excludes halogenated alkanes) is 2. The minimum absolute atomic E-state index is 0.0248. The van der Waals surface area contributed by atoms with Crippen molar-refractivity contribution in [3.8, 4) is 0 Å². The van der Waals surface area contributed by atoms with Crippen LogP contribution in [0.15, 0.2) is 47.0 Å². The van der Waals surface area contributed by atoms with Crippen LogP contribution in [-0.2, 0) is 16.8 Å². The maximum absolute atomic E-state index is 14.7. The summed E-state index contributed by atoms with van der Waals surface area (Å²) < 4.78 is 54.4. The molecule has 0 spiro atoms. The van der Waals surface area contributed by atoms with Crippen LogP contribution in [0.2, 0.25) is 0 Å². The Bertz CT molecular complexity index is 1070. The third kappa shape index (κ3) is 4.96. The van der Waals surface area contributed by atoms with Crippen LogP contribution >= 0.6 is 0 Å². The lowest BCUT2D eigenvalue weighted by Gasteiger charge is -2.42. The van der Waals surface area contributed by atoms with Crippen LogP contribution in [0.5, 0.6) is 0 Å². The van der Waals surface area contributed by atoms with E-state index in [1.165, 1.54) is 12.1 Å². The summed E-state index contributed by atoms with van der Waals surface area (Å²) in [7, 11) is 0. The number of hydrogen-bond donors (Lipinski definition) is 1. The van der Waals surface area contributed by atoms with E-state index in [0.717, 1.165) is 30.9 Å². The van der Waals surface area contributed by atoms with Crippen LogP contribution in [0.4, 0.5) is 17.6 Å². The molecule has 0 saturated heterocycles. The maximum Gasteiger partial charge on any atom is 0.416 e. The van der Waals surface area contributed by atoms with E-state index in [1.54, 1.807) is 12.1 Å². The van der Waals surface area contributed by atoms with Crippen molar-refractivity contribution in [2.45, 2.75) is 71.0 Å². The summed E-state index contributed by atoms with van der Waals surface area (Å²) in [6.07, 6.45) is 3.97.